The first-order chi connectivity index (χ1) is 13.1. The zero-order valence-corrected chi connectivity index (χ0v) is 15.6. The van der Waals surface area contributed by atoms with E-state index < -0.39 is 0 Å². The summed E-state index contributed by atoms with van der Waals surface area (Å²) in [5, 5.41) is 13.5. The van der Waals surface area contributed by atoms with Crippen LogP contribution in [0.5, 0.6) is 5.75 Å². The van der Waals surface area contributed by atoms with Crippen molar-refractivity contribution in [2.75, 3.05) is 24.5 Å². The first-order valence-corrected chi connectivity index (χ1v) is 9.42. The van der Waals surface area contributed by atoms with Gasteiger partial charge in [-0.1, -0.05) is 17.3 Å². The van der Waals surface area contributed by atoms with E-state index >= 15 is 0 Å². The van der Waals surface area contributed by atoms with Crippen LogP contribution in [-0.4, -0.2) is 35.5 Å². The number of nitroso groups, excluding NO2 is 1. The summed E-state index contributed by atoms with van der Waals surface area (Å²) < 4.78 is 0. The second kappa shape index (κ2) is 8.66. The Hall–Kier alpha value is -2.89. The van der Waals surface area contributed by atoms with Crippen LogP contribution < -0.4 is 4.90 Å². The van der Waals surface area contributed by atoms with E-state index in [1.165, 1.54) is 0 Å². The molecule has 27 heavy (non-hydrogen) atoms. The number of hydrogen-bond acceptors (Lipinski definition) is 5. The van der Waals surface area contributed by atoms with E-state index in [1.807, 2.05) is 41.0 Å². The Morgan fingerprint density at radius 2 is 1.93 bits per heavy atom. The summed E-state index contributed by atoms with van der Waals surface area (Å²) >= 11 is 0. The van der Waals surface area contributed by atoms with Gasteiger partial charge < -0.3 is 14.9 Å². The van der Waals surface area contributed by atoms with Crippen molar-refractivity contribution in [3.63, 3.8) is 0 Å². The number of benzene rings is 2. The van der Waals surface area contributed by atoms with Crippen molar-refractivity contribution < 1.29 is 9.90 Å². The fourth-order valence-corrected chi connectivity index (χ4v) is 3.55. The third-order valence-electron chi connectivity index (χ3n) is 4.94. The minimum absolute atomic E-state index is 0.0290. The van der Waals surface area contributed by atoms with Crippen LogP contribution in [0, 0.1) is 4.91 Å². The fraction of sp³-hybridized carbons (Fsp3) is 0.381. The highest BCUT2D eigenvalue weighted by Gasteiger charge is 2.20. The number of anilines is 2. The smallest absolute Gasteiger partial charge is 0.253 e. The van der Waals surface area contributed by atoms with Gasteiger partial charge in [0.1, 0.15) is 12.3 Å². The maximum atomic E-state index is 12.7. The Morgan fingerprint density at radius 1 is 1.15 bits per heavy atom. The third kappa shape index (κ3) is 4.27. The Kier molecular flexibility index (Phi) is 6.06. The monoisotopic (exact) mass is 367 g/mol. The molecule has 0 saturated carbocycles. The van der Waals surface area contributed by atoms with E-state index in [1.54, 1.807) is 18.2 Å². The van der Waals surface area contributed by atoms with Crippen LogP contribution in [0.2, 0.25) is 0 Å². The molecule has 6 heteroatoms. The number of aromatic hydroxyl groups is 1. The summed E-state index contributed by atoms with van der Waals surface area (Å²) in [6.07, 6.45) is 3.23. The van der Waals surface area contributed by atoms with Gasteiger partial charge in [-0.3, -0.25) is 4.79 Å². The van der Waals surface area contributed by atoms with Crippen LogP contribution in [0.15, 0.2) is 47.6 Å². The van der Waals surface area contributed by atoms with Crippen molar-refractivity contribution >= 4 is 17.3 Å². The molecule has 1 fully saturated rings. The number of piperidine rings is 1. The number of nitrogens with zero attached hydrogens (tertiary/aromatic N) is 3. The predicted octanol–water partition coefficient (Wildman–Crippen LogP) is 4.44. The van der Waals surface area contributed by atoms with Gasteiger partial charge in [0.25, 0.3) is 5.91 Å². The molecule has 0 spiro atoms. The maximum absolute atomic E-state index is 12.7. The average Bonchev–Trinajstić information content (AvgIpc) is 2.70. The number of carbonyl (C=O) groups is 1. The number of hydrogen-bond donors (Lipinski definition) is 1. The molecule has 2 aromatic carbocycles. The van der Waals surface area contributed by atoms with Crippen molar-refractivity contribution in [2.45, 2.75) is 32.7 Å². The van der Waals surface area contributed by atoms with Crippen LogP contribution in [0.25, 0.3) is 0 Å². The fourth-order valence-electron chi connectivity index (χ4n) is 3.55. The lowest BCUT2D eigenvalue weighted by atomic mass is 10.1. The summed E-state index contributed by atoms with van der Waals surface area (Å²) in [6.45, 7) is 4.28. The zero-order chi connectivity index (χ0) is 19.2. The van der Waals surface area contributed by atoms with E-state index in [0.29, 0.717) is 17.8 Å². The summed E-state index contributed by atoms with van der Waals surface area (Å²) in [6, 6.07) is 12.6. The molecular weight excluding hydrogens is 342 g/mol. The largest absolute Gasteiger partial charge is 0.506 e. The summed E-state index contributed by atoms with van der Waals surface area (Å²) in [7, 11) is 0. The van der Waals surface area contributed by atoms with Crippen LogP contribution in [0.4, 0.5) is 11.4 Å². The molecule has 0 aliphatic carbocycles. The number of phenolic OH excluding ortho intramolecular Hbond substituents is 1. The molecule has 142 valence electrons. The Balaban J connectivity index is 1.86. The minimum atomic E-state index is -0.0290. The molecule has 0 atom stereocenters. The van der Waals surface area contributed by atoms with Gasteiger partial charge >= 0.3 is 0 Å². The molecule has 1 saturated heterocycles. The van der Waals surface area contributed by atoms with E-state index in [4.69, 9.17) is 0 Å². The van der Waals surface area contributed by atoms with E-state index in [9.17, 15) is 14.8 Å². The molecule has 1 amide bonds. The van der Waals surface area contributed by atoms with Gasteiger partial charge in [-0.25, -0.2) is 0 Å². The van der Waals surface area contributed by atoms with Gasteiger partial charge in [0, 0.05) is 30.9 Å². The molecule has 0 aromatic heterocycles. The lowest BCUT2D eigenvalue weighted by Crippen LogP contribution is -2.35. The zero-order valence-electron chi connectivity index (χ0n) is 15.6. The van der Waals surface area contributed by atoms with Gasteiger partial charge in [-0.15, -0.1) is 0 Å². The maximum Gasteiger partial charge on any atom is 0.253 e. The Morgan fingerprint density at radius 3 is 2.59 bits per heavy atom. The van der Waals surface area contributed by atoms with Crippen molar-refractivity contribution in [1.82, 2.24) is 4.90 Å². The van der Waals surface area contributed by atoms with Crippen molar-refractivity contribution in [2.24, 2.45) is 5.18 Å². The Labute approximate surface area is 159 Å². The molecular formula is C21H25N3O3. The topological polar surface area (TPSA) is 73.2 Å². The summed E-state index contributed by atoms with van der Waals surface area (Å²) in [5.74, 6) is 0.0391. The normalized spacial score (nSPS) is 14.0. The molecule has 0 unspecified atom stereocenters. The highest BCUT2D eigenvalue weighted by Crippen LogP contribution is 2.34. The van der Waals surface area contributed by atoms with Crippen LogP contribution >= 0.6 is 0 Å². The van der Waals surface area contributed by atoms with Gasteiger partial charge in [-0.05, 0) is 62.1 Å². The second-order valence-corrected chi connectivity index (χ2v) is 6.76. The van der Waals surface area contributed by atoms with E-state index in [0.717, 1.165) is 43.6 Å². The molecule has 1 aliphatic heterocycles. The summed E-state index contributed by atoms with van der Waals surface area (Å²) in [4.78, 5) is 27.0. The van der Waals surface area contributed by atoms with E-state index in [2.05, 4.69) is 5.18 Å². The van der Waals surface area contributed by atoms with Crippen LogP contribution in [0.3, 0.4) is 0 Å². The number of likely N-dealkylation sites (tertiary alicyclic amines) is 1. The number of phenols is 1. The molecule has 1 heterocycles. The molecule has 2 aromatic rings. The van der Waals surface area contributed by atoms with Gasteiger partial charge in [0.2, 0.25) is 0 Å². The highest BCUT2D eigenvalue weighted by molar-refractivity contribution is 5.95. The van der Waals surface area contributed by atoms with Crippen molar-refractivity contribution in [3.05, 3.63) is 58.5 Å². The standard InChI is InChI=1S/C21H25N3O3/c1-2-24(18-8-6-7-16(13-18)15-22-27)19-10-9-17(14-20(19)25)21(26)23-11-4-3-5-12-23/h6-10,13-14,25H,2-5,11-12,15H2,1H3. The van der Waals surface area contributed by atoms with Gasteiger partial charge in [-0.2, -0.15) is 4.91 Å². The Bertz CT molecular complexity index is 816. The number of carbonyl (C=O) groups excluding carboxylic acids is 1. The first kappa shape index (κ1) is 18.9. The van der Waals surface area contributed by atoms with Crippen LogP contribution in [-0.2, 0) is 6.54 Å². The molecule has 0 bridgehead atoms. The lowest BCUT2D eigenvalue weighted by molar-refractivity contribution is 0.0724. The minimum Gasteiger partial charge on any atom is -0.506 e. The molecule has 3 rings (SSSR count). The average molecular weight is 367 g/mol. The van der Waals surface area contributed by atoms with Crippen LogP contribution in [0.1, 0.15) is 42.1 Å². The molecule has 6 nitrogen and oxygen atoms in total. The molecule has 1 N–H and O–H groups in total. The van der Waals surface area contributed by atoms with Gasteiger partial charge in [0.15, 0.2) is 0 Å². The highest BCUT2D eigenvalue weighted by atomic mass is 16.3. The lowest BCUT2D eigenvalue weighted by Gasteiger charge is -2.28. The quantitative estimate of drug-likeness (QED) is 0.766. The van der Waals surface area contributed by atoms with Crippen molar-refractivity contribution in [3.8, 4) is 5.75 Å². The first-order valence-electron chi connectivity index (χ1n) is 9.42. The van der Waals surface area contributed by atoms with E-state index in [-0.39, 0.29) is 18.2 Å². The second-order valence-electron chi connectivity index (χ2n) is 6.76. The SMILES string of the molecule is CCN(c1cccc(CN=O)c1)c1ccc(C(=O)N2CCCCC2)cc1O. The molecule has 1 aliphatic rings. The summed E-state index contributed by atoms with van der Waals surface area (Å²) in [5.41, 5.74) is 2.82. The third-order valence-corrected chi connectivity index (χ3v) is 4.94. The van der Waals surface area contributed by atoms with Crippen molar-refractivity contribution in [1.29, 1.82) is 0 Å². The van der Waals surface area contributed by atoms with Gasteiger partial charge in [0.05, 0.1) is 5.69 Å². The predicted molar refractivity (Wildman–Crippen MR) is 106 cm³/mol. The molecule has 0 radical (unpaired) electrons. The number of amides is 1. The number of rotatable bonds is 6.